The number of nitrogens with one attached hydrogen (secondary N) is 1. The topological polar surface area (TPSA) is 162 Å². The largest absolute Gasteiger partial charge is 0.481 e. The first-order chi connectivity index (χ1) is 19.9. The number of anilines is 2. The molecule has 4 heterocycles. The third-order valence-electron chi connectivity index (χ3n) is 7.51. The van der Waals surface area contributed by atoms with Gasteiger partial charge >= 0.3 is 5.97 Å². The van der Waals surface area contributed by atoms with Crippen molar-refractivity contribution in [1.82, 2.24) is 24.7 Å². The zero-order valence-corrected chi connectivity index (χ0v) is 23.5. The standard InChI is InChI=1S/C29H25ClFN7O4/c1-28(2,27(40)41)11-16-13-42-26(33-16)29(3)20-22(32)34-24(35-23(20)36-25(29)39)21-17-10-15(30)8-9-19(17)38(37-21)12-14-6-4-5-7-18(14)31/h4-10,13H,11-12H2,1-3H3,(H,40,41)(H3,32,34,35,36,39)/t29-/m1/s1. The molecule has 4 N–H and O–H groups in total. The monoisotopic (exact) mass is 589 g/mol. The van der Waals surface area contributed by atoms with E-state index in [0.717, 1.165) is 0 Å². The van der Waals surface area contributed by atoms with Crippen LogP contribution in [-0.4, -0.2) is 41.7 Å². The molecule has 0 radical (unpaired) electrons. The molecule has 0 saturated heterocycles. The highest BCUT2D eigenvalue weighted by atomic mass is 35.5. The third-order valence-corrected chi connectivity index (χ3v) is 7.74. The number of oxazole rings is 1. The quantitative estimate of drug-likeness (QED) is 0.242. The Morgan fingerprint density at radius 2 is 1.98 bits per heavy atom. The summed E-state index contributed by atoms with van der Waals surface area (Å²) < 4.78 is 21.8. The minimum Gasteiger partial charge on any atom is -0.481 e. The zero-order chi connectivity index (χ0) is 30.0. The normalized spacial score (nSPS) is 16.5. The first-order valence-corrected chi connectivity index (χ1v) is 13.3. The molecule has 13 heteroatoms. The number of carboxylic acid groups (broad SMARTS) is 1. The van der Waals surface area contributed by atoms with Crippen LogP contribution in [0.3, 0.4) is 0 Å². The summed E-state index contributed by atoms with van der Waals surface area (Å²) >= 11 is 6.31. The molecule has 0 bridgehead atoms. The van der Waals surface area contributed by atoms with Crippen molar-refractivity contribution in [1.29, 1.82) is 0 Å². The van der Waals surface area contributed by atoms with E-state index in [2.05, 4.69) is 25.4 Å². The number of hydrogen-bond donors (Lipinski definition) is 3. The van der Waals surface area contributed by atoms with E-state index >= 15 is 0 Å². The Hall–Kier alpha value is -4.84. The van der Waals surface area contributed by atoms with Crippen LogP contribution in [0.5, 0.6) is 0 Å². The van der Waals surface area contributed by atoms with Gasteiger partial charge in [-0.25, -0.2) is 19.3 Å². The number of nitrogens with two attached hydrogens (primary N) is 1. The maximum atomic E-state index is 14.5. The number of hydrogen-bond acceptors (Lipinski definition) is 8. The van der Waals surface area contributed by atoms with Crippen molar-refractivity contribution in [2.24, 2.45) is 5.41 Å². The number of nitrogens with zero attached hydrogens (tertiary/aromatic N) is 5. The van der Waals surface area contributed by atoms with Gasteiger partial charge in [0, 0.05) is 22.4 Å². The van der Waals surface area contributed by atoms with Crippen molar-refractivity contribution >= 4 is 46.0 Å². The van der Waals surface area contributed by atoms with Crippen LogP contribution in [0, 0.1) is 11.2 Å². The lowest BCUT2D eigenvalue weighted by Gasteiger charge is -2.19. The SMILES string of the molecule is CC(C)(Cc1coc([C@@]2(C)C(=O)Nc3nc(-c4nn(Cc5ccccc5F)c5ccc(Cl)cc45)nc(N)c32)n1)C(=O)O. The van der Waals surface area contributed by atoms with Gasteiger partial charge < -0.3 is 20.6 Å². The summed E-state index contributed by atoms with van der Waals surface area (Å²) in [5.74, 6) is -1.51. The number of rotatable bonds is 7. The lowest BCUT2D eigenvalue weighted by molar-refractivity contribution is -0.146. The molecule has 3 aromatic heterocycles. The Bertz CT molecular complexity index is 1920. The highest BCUT2D eigenvalue weighted by Gasteiger charge is 2.51. The van der Waals surface area contributed by atoms with E-state index in [0.29, 0.717) is 32.9 Å². The van der Waals surface area contributed by atoms with Gasteiger partial charge in [0.2, 0.25) is 11.8 Å². The Balaban J connectivity index is 1.42. The smallest absolute Gasteiger partial charge is 0.309 e. The molecule has 2 aromatic carbocycles. The molecule has 1 aliphatic heterocycles. The molecule has 0 unspecified atom stereocenters. The molecule has 6 rings (SSSR count). The Labute approximate surface area is 243 Å². The molecule has 5 aromatic rings. The van der Waals surface area contributed by atoms with Gasteiger partial charge in [-0.15, -0.1) is 0 Å². The van der Waals surface area contributed by atoms with Crippen molar-refractivity contribution in [3.05, 3.63) is 82.3 Å². The molecule has 1 atom stereocenters. The van der Waals surface area contributed by atoms with E-state index in [1.165, 1.54) is 12.3 Å². The van der Waals surface area contributed by atoms with Gasteiger partial charge in [0.25, 0.3) is 0 Å². The van der Waals surface area contributed by atoms with E-state index < -0.39 is 22.7 Å². The van der Waals surface area contributed by atoms with Crippen molar-refractivity contribution in [3.63, 3.8) is 0 Å². The first-order valence-electron chi connectivity index (χ1n) is 13.0. The number of aliphatic carboxylic acids is 1. The van der Waals surface area contributed by atoms with Crippen LogP contribution < -0.4 is 11.1 Å². The average Bonchev–Trinajstić information content (AvgIpc) is 3.60. The highest BCUT2D eigenvalue weighted by Crippen LogP contribution is 2.45. The number of nitrogen functional groups attached to an aromatic ring is 1. The summed E-state index contributed by atoms with van der Waals surface area (Å²) in [4.78, 5) is 38.5. The molecule has 42 heavy (non-hydrogen) atoms. The highest BCUT2D eigenvalue weighted by molar-refractivity contribution is 6.31. The Morgan fingerprint density at radius 3 is 2.71 bits per heavy atom. The molecule has 0 saturated carbocycles. The fraction of sp³-hybridized carbons (Fsp3) is 0.241. The molecule has 1 amide bonds. The first kappa shape index (κ1) is 27.3. The molecule has 0 fully saturated rings. The predicted octanol–water partition coefficient (Wildman–Crippen LogP) is 4.82. The van der Waals surface area contributed by atoms with Crippen molar-refractivity contribution in [3.8, 4) is 11.5 Å². The number of amides is 1. The molecular weight excluding hydrogens is 565 g/mol. The zero-order valence-electron chi connectivity index (χ0n) is 22.8. The van der Waals surface area contributed by atoms with Crippen LogP contribution in [0.2, 0.25) is 5.02 Å². The third kappa shape index (κ3) is 4.35. The number of carboxylic acids is 1. The fourth-order valence-electron chi connectivity index (χ4n) is 5.09. The second kappa shape index (κ2) is 9.62. The number of aromatic nitrogens is 5. The van der Waals surface area contributed by atoms with Gasteiger partial charge in [-0.3, -0.25) is 14.3 Å². The predicted molar refractivity (Wildman–Crippen MR) is 152 cm³/mol. The van der Waals surface area contributed by atoms with Crippen LogP contribution in [0.1, 0.15) is 43.5 Å². The molecule has 214 valence electrons. The second-order valence-electron chi connectivity index (χ2n) is 11.0. The lowest BCUT2D eigenvalue weighted by Crippen LogP contribution is -2.33. The summed E-state index contributed by atoms with van der Waals surface area (Å²) in [6, 6.07) is 11.6. The number of halogens is 2. The van der Waals surface area contributed by atoms with E-state index in [1.54, 1.807) is 61.9 Å². The minimum absolute atomic E-state index is 0.000276. The van der Waals surface area contributed by atoms with Crippen molar-refractivity contribution in [2.75, 3.05) is 11.1 Å². The van der Waals surface area contributed by atoms with Gasteiger partial charge in [0.15, 0.2) is 11.2 Å². The van der Waals surface area contributed by atoms with Gasteiger partial charge in [0.05, 0.1) is 28.7 Å². The van der Waals surface area contributed by atoms with Crippen LogP contribution in [0.15, 0.2) is 53.1 Å². The summed E-state index contributed by atoms with van der Waals surface area (Å²) in [6.45, 7) is 4.88. The molecule has 1 aliphatic rings. The van der Waals surface area contributed by atoms with Gasteiger partial charge in [0.1, 0.15) is 29.4 Å². The lowest BCUT2D eigenvalue weighted by atomic mass is 9.84. The van der Waals surface area contributed by atoms with Crippen LogP contribution >= 0.6 is 11.6 Å². The number of carbonyl (C=O) groups is 2. The number of benzene rings is 2. The summed E-state index contributed by atoms with van der Waals surface area (Å²) in [7, 11) is 0. The summed E-state index contributed by atoms with van der Waals surface area (Å²) in [5.41, 5.74) is 6.00. The van der Waals surface area contributed by atoms with Crippen LogP contribution in [-0.2, 0) is 28.0 Å². The van der Waals surface area contributed by atoms with Crippen LogP contribution in [0.25, 0.3) is 22.4 Å². The van der Waals surface area contributed by atoms with Crippen LogP contribution in [0.4, 0.5) is 16.0 Å². The van der Waals surface area contributed by atoms with E-state index in [9.17, 15) is 19.1 Å². The fourth-order valence-corrected chi connectivity index (χ4v) is 5.26. The average molecular weight is 590 g/mol. The van der Waals surface area contributed by atoms with E-state index in [-0.39, 0.29) is 47.7 Å². The minimum atomic E-state index is -1.47. The Morgan fingerprint density at radius 1 is 1.21 bits per heavy atom. The van der Waals surface area contributed by atoms with Crippen molar-refractivity contribution < 1.29 is 23.5 Å². The Kier molecular flexibility index (Phi) is 6.26. The second-order valence-corrected chi connectivity index (χ2v) is 11.4. The maximum absolute atomic E-state index is 14.5. The van der Waals surface area contributed by atoms with Gasteiger partial charge in [-0.05, 0) is 45.0 Å². The molecular formula is C29H25ClFN7O4. The molecule has 11 nitrogen and oxygen atoms in total. The summed E-state index contributed by atoms with van der Waals surface area (Å²) in [6.07, 6.45) is 1.42. The maximum Gasteiger partial charge on any atom is 0.309 e. The van der Waals surface area contributed by atoms with Crippen molar-refractivity contribution in [2.45, 2.75) is 39.2 Å². The summed E-state index contributed by atoms with van der Waals surface area (Å²) in [5, 5.41) is 18.0. The van der Waals surface area contributed by atoms with E-state index in [4.69, 9.17) is 21.8 Å². The van der Waals surface area contributed by atoms with Gasteiger partial charge in [-0.1, -0.05) is 29.8 Å². The molecule has 0 spiro atoms. The van der Waals surface area contributed by atoms with Gasteiger partial charge in [-0.2, -0.15) is 5.10 Å². The number of carbonyl (C=O) groups excluding carboxylic acids is 1. The van der Waals surface area contributed by atoms with E-state index in [1.807, 2.05) is 0 Å². The molecule has 0 aliphatic carbocycles. The number of fused-ring (bicyclic) bond motifs is 2.